The maximum Gasteiger partial charge on any atom is 0.259 e. The quantitative estimate of drug-likeness (QED) is 0.574. The number of nitrogens with zero attached hydrogens (tertiary/aromatic N) is 1. The highest BCUT2D eigenvalue weighted by molar-refractivity contribution is 9.10. The molecule has 0 saturated heterocycles. The zero-order chi connectivity index (χ0) is 18.2. The Morgan fingerprint density at radius 1 is 1.20 bits per heavy atom. The van der Waals surface area contributed by atoms with Gasteiger partial charge in [0.25, 0.3) is 11.8 Å². The van der Waals surface area contributed by atoms with Gasteiger partial charge in [0.1, 0.15) is 5.75 Å². The van der Waals surface area contributed by atoms with E-state index in [4.69, 9.17) is 4.74 Å². The van der Waals surface area contributed by atoms with Crippen molar-refractivity contribution in [3.8, 4) is 5.75 Å². The van der Waals surface area contributed by atoms with Gasteiger partial charge in [-0.2, -0.15) is 5.10 Å². The molecule has 0 aliphatic rings. The molecule has 0 spiro atoms. The van der Waals surface area contributed by atoms with Gasteiger partial charge in [0, 0.05) is 15.6 Å². The molecule has 7 heteroatoms. The first-order chi connectivity index (χ1) is 12.0. The summed E-state index contributed by atoms with van der Waals surface area (Å²) in [7, 11) is 1.56. The highest BCUT2D eigenvalue weighted by Gasteiger charge is 2.07. The van der Waals surface area contributed by atoms with E-state index < -0.39 is 5.91 Å². The number of nitrogens with one attached hydrogen (secondary N) is 2. The Kier molecular flexibility index (Phi) is 6.71. The molecule has 2 aromatic rings. The summed E-state index contributed by atoms with van der Waals surface area (Å²) in [6, 6.07) is 12.5. The molecule has 0 unspecified atom stereocenters. The van der Waals surface area contributed by atoms with E-state index in [-0.39, 0.29) is 12.5 Å². The molecule has 25 heavy (non-hydrogen) atoms. The average Bonchev–Trinajstić information content (AvgIpc) is 2.60. The van der Waals surface area contributed by atoms with Crippen LogP contribution < -0.4 is 15.5 Å². The first-order valence-electron chi connectivity index (χ1n) is 7.50. The number of hydrazone groups is 1. The SMILES string of the molecule is COc1ccc(Br)cc1/C=N\NC(=O)CNC(=O)c1ccc(C)cc1. The summed E-state index contributed by atoms with van der Waals surface area (Å²) < 4.78 is 6.08. The van der Waals surface area contributed by atoms with Gasteiger partial charge in [-0.3, -0.25) is 9.59 Å². The number of rotatable bonds is 6. The van der Waals surface area contributed by atoms with E-state index in [0.717, 1.165) is 10.0 Å². The van der Waals surface area contributed by atoms with Gasteiger partial charge >= 0.3 is 0 Å². The van der Waals surface area contributed by atoms with E-state index in [1.807, 2.05) is 31.2 Å². The van der Waals surface area contributed by atoms with Crippen LogP contribution in [0.3, 0.4) is 0 Å². The van der Waals surface area contributed by atoms with Gasteiger partial charge in [-0.15, -0.1) is 0 Å². The highest BCUT2D eigenvalue weighted by atomic mass is 79.9. The Morgan fingerprint density at radius 2 is 1.92 bits per heavy atom. The lowest BCUT2D eigenvalue weighted by Crippen LogP contribution is -2.34. The van der Waals surface area contributed by atoms with Crippen molar-refractivity contribution in [3.05, 3.63) is 63.6 Å². The lowest BCUT2D eigenvalue weighted by atomic mass is 10.1. The molecule has 0 fully saturated rings. The Bertz CT molecular complexity index is 789. The zero-order valence-corrected chi connectivity index (χ0v) is 15.5. The fourth-order valence-electron chi connectivity index (χ4n) is 1.99. The van der Waals surface area contributed by atoms with Crippen LogP contribution in [0, 0.1) is 6.92 Å². The van der Waals surface area contributed by atoms with Gasteiger partial charge in [-0.25, -0.2) is 5.43 Å². The van der Waals surface area contributed by atoms with E-state index in [9.17, 15) is 9.59 Å². The molecule has 0 aliphatic carbocycles. The maximum atomic E-state index is 11.9. The highest BCUT2D eigenvalue weighted by Crippen LogP contribution is 2.21. The van der Waals surface area contributed by atoms with Crippen LogP contribution in [0.5, 0.6) is 5.75 Å². The Balaban J connectivity index is 1.85. The molecule has 0 aliphatic heterocycles. The van der Waals surface area contributed by atoms with Gasteiger partial charge in [-0.05, 0) is 37.3 Å². The largest absolute Gasteiger partial charge is 0.496 e. The van der Waals surface area contributed by atoms with Crippen LogP contribution in [0.4, 0.5) is 0 Å². The summed E-state index contributed by atoms with van der Waals surface area (Å²) in [5.41, 5.74) is 4.63. The third-order valence-corrected chi connectivity index (χ3v) is 3.80. The van der Waals surface area contributed by atoms with Crippen LogP contribution in [0.2, 0.25) is 0 Å². The minimum absolute atomic E-state index is 0.167. The molecule has 0 heterocycles. The van der Waals surface area contributed by atoms with Crippen molar-refractivity contribution >= 4 is 34.0 Å². The smallest absolute Gasteiger partial charge is 0.259 e. The molecule has 0 saturated carbocycles. The molecule has 6 nitrogen and oxygen atoms in total. The van der Waals surface area contributed by atoms with Crippen LogP contribution in [0.25, 0.3) is 0 Å². The molecule has 0 atom stereocenters. The fourth-order valence-corrected chi connectivity index (χ4v) is 2.37. The second-order valence-corrected chi connectivity index (χ2v) is 6.14. The molecule has 2 rings (SSSR count). The summed E-state index contributed by atoms with van der Waals surface area (Å²) >= 11 is 3.36. The monoisotopic (exact) mass is 403 g/mol. The molecule has 130 valence electrons. The number of amides is 2. The summed E-state index contributed by atoms with van der Waals surface area (Å²) in [6.45, 7) is 1.77. The van der Waals surface area contributed by atoms with E-state index in [0.29, 0.717) is 16.9 Å². The lowest BCUT2D eigenvalue weighted by molar-refractivity contribution is -0.120. The first-order valence-corrected chi connectivity index (χ1v) is 8.29. The number of carbonyl (C=O) groups excluding carboxylic acids is 2. The number of hydrogen-bond acceptors (Lipinski definition) is 4. The van der Waals surface area contributed by atoms with Crippen molar-refractivity contribution in [3.63, 3.8) is 0 Å². The molecule has 2 amide bonds. The van der Waals surface area contributed by atoms with Crippen LogP contribution in [-0.2, 0) is 4.79 Å². The van der Waals surface area contributed by atoms with E-state index in [2.05, 4.69) is 31.8 Å². The minimum Gasteiger partial charge on any atom is -0.496 e. The summed E-state index contributed by atoms with van der Waals surface area (Å²) in [5, 5.41) is 6.42. The number of halogens is 1. The summed E-state index contributed by atoms with van der Waals surface area (Å²) in [6.07, 6.45) is 1.48. The Morgan fingerprint density at radius 3 is 2.60 bits per heavy atom. The number of benzene rings is 2. The molecule has 2 N–H and O–H groups in total. The molecule has 0 aromatic heterocycles. The minimum atomic E-state index is -0.425. The maximum absolute atomic E-state index is 11.9. The summed E-state index contributed by atoms with van der Waals surface area (Å²) in [5.74, 6) is -0.104. The third kappa shape index (κ3) is 5.72. The van der Waals surface area contributed by atoms with Gasteiger partial charge in [0.2, 0.25) is 0 Å². The second-order valence-electron chi connectivity index (χ2n) is 5.23. The standard InChI is InChI=1S/C18H18BrN3O3/c1-12-3-5-13(6-4-12)18(24)20-11-17(23)22-21-10-14-9-15(19)7-8-16(14)25-2/h3-10H,11H2,1-2H3,(H,20,24)(H,22,23)/b21-10-. The van der Waals surface area contributed by atoms with E-state index in [1.165, 1.54) is 6.21 Å². The number of methoxy groups -OCH3 is 1. The van der Waals surface area contributed by atoms with Crippen molar-refractivity contribution < 1.29 is 14.3 Å². The van der Waals surface area contributed by atoms with Crippen molar-refractivity contribution in [2.75, 3.05) is 13.7 Å². The average molecular weight is 404 g/mol. The van der Waals surface area contributed by atoms with E-state index >= 15 is 0 Å². The van der Waals surface area contributed by atoms with Crippen molar-refractivity contribution in [2.45, 2.75) is 6.92 Å². The number of hydrogen-bond donors (Lipinski definition) is 2. The van der Waals surface area contributed by atoms with Crippen molar-refractivity contribution in [1.29, 1.82) is 0 Å². The number of ether oxygens (including phenoxy) is 1. The molecular weight excluding hydrogens is 386 g/mol. The van der Waals surface area contributed by atoms with Gasteiger partial charge in [-0.1, -0.05) is 33.6 Å². The molecular formula is C18H18BrN3O3. The predicted octanol–water partition coefficient (Wildman–Crippen LogP) is 2.65. The predicted molar refractivity (Wildman–Crippen MR) is 99.9 cm³/mol. The van der Waals surface area contributed by atoms with Gasteiger partial charge in [0.15, 0.2) is 0 Å². The second kappa shape index (κ2) is 8.98. The zero-order valence-electron chi connectivity index (χ0n) is 13.9. The van der Waals surface area contributed by atoms with Crippen LogP contribution in [0.15, 0.2) is 52.0 Å². The third-order valence-electron chi connectivity index (χ3n) is 3.31. The number of aryl methyl sites for hydroxylation is 1. The van der Waals surface area contributed by atoms with Crippen molar-refractivity contribution in [1.82, 2.24) is 10.7 Å². The topological polar surface area (TPSA) is 79.8 Å². The lowest BCUT2D eigenvalue weighted by Gasteiger charge is -2.06. The molecule has 0 bridgehead atoms. The molecule has 0 radical (unpaired) electrons. The molecule has 2 aromatic carbocycles. The van der Waals surface area contributed by atoms with Crippen LogP contribution in [-0.4, -0.2) is 31.7 Å². The summed E-state index contributed by atoms with van der Waals surface area (Å²) in [4.78, 5) is 23.7. The van der Waals surface area contributed by atoms with Crippen molar-refractivity contribution in [2.24, 2.45) is 5.10 Å². The first kappa shape index (κ1) is 18.7. The van der Waals surface area contributed by atoms with Gasteiger partial charge in [0.05, 0.1) is 19.9 Å². The normalized spacial score (nSPS) is 10.5. The van der Waals surface area contributed by atoms with Gasteiger partial charge < -0.3 is 10.1 Å². The Hall–Kier alpha value is -2.67. The van der Waals surface area contributed by atoms with Crippen LogP contribution >= 0.6 is 15.9 Å². The Labute approximate surface area is 154 Å². The fraction of sp³-hybridized carbons (Fsp3) is 0.167. The van der Waals surface area contributed by atoms with E-state index in [1.54, 1.807) is 25.3 Å². The number of carbonyl (C=O) groups is 2. The van der Waals surface area contributed by atoms with Crippen LogP contribution in [0.1, 0.15) is 21.5 Å².